The zero-order valence-corrected chi connectivity index (χ0v) is 43.7. The molecule has 2 aromatic carbocycles. The molecule has 2 aliphatic heterocycles. The van der Waals surface area contributed by atoms with Gasteiger partial charge in [0.1, 0.15) is 11.8 Å². The minimum atomic E-state index is -0.293. The van der Waals surface area contributed by atoms with Crippen molar-refractivity contribution < 1.29 is 19.5 Å². The zero-order valence-electron chi connectivity index (χ0n) is 42.1. The second kappa shape index (κ2) is 22.0. The van der Waals surface area contributed by atoms with Gasteiger partial charge in [0.2, 0.25) is 23.0 Å². The molecule has 354 valence electrons. The number of thioether (sulfide) groups is 2. The number of ketones is 1. The molecule has 3 aliphatic rings. The fourth-order valence-electron chi connectivity index (χ4n) is 10.2. The number of benzene rings is 2. The van der Waals surface area contributed by atoms with Crippen LogP contribution in [0.3, 0.4) is 0 Å². The number of nitrogens with zero attached hydrogens (tertiary/aromatic N) is 2. The zero-order chi connectivity index (χ0) is 47.3. The lowest BCUT2D eigenvalue weighted by molar-refractivity contribution is -0.116. The van der Waals surface area contributed by atoms with E-state index in [0.717, 1.165) is 46.5 Å². The number of anilines is 3. The molecule has 2 heterocycles. The Labute approximate surface area is 395 Å². The topological polar surface area (TPSA) is 102 Å². The summed E-state index contributed by atoms with van der Waals surface area (Å²) in [5.74, 6) is 4.25. The van der Waals surface area contributed by atoms with Crippen LogP contribution in [0, 0.1) is 11.8 Å². The minimum Gasteiger partial charge on any atom is -0.506 e. The lowest BCUT2D eigenvalue weighted by Crippen LogP contribution is -2.42. The molecule has 8 nitrogen and oxygen atoms in total. The van der Waals surface area contributed by atoms with Crippen molar-refractivity contribution in [3.05, 3.63) is 57.3 Å². The Morgan fingerprint density at radius 2 is 1.31 bits per heavy atom. The van der Waals surface area contributed by atoms with Crippen molar-refractivity contribution in [3.8, 4) is 0 Å². The van der Waals surface area contributed by atoms with Gasteiger partial charge in [-0.2, -0.15) is 23.5 Å². The third-order valence-electron chi connectivity index (χ3n) is 15.0. The van der Waals surface area contributed by atoms with Gasteiger partial charge in [0.05, 0.1) is 27.9 Å². The molecular weight excluding hydrogens is 833 g/mol. The Balaban J connectivity index is 1.58. The Morgan fingerprint density at radius 3 is 1.80 bits per heavy atom. The quantitative estimate of drug-likeness (QED) is 0.0754. The van der Waals surface area contributed by atoms with Crippen LogP contribution in [0.25, 0.3) is 11.1 Å². The largest absolute Gasteiger partial charge is 0.506 e. The van der Waals surface area contributed by atoms with Gasteiger partial charge in [0.15, 0.2) is 6.04 Å². The van der Waals surface area contributed by atoms with Crippen molar-refractivity contribution >= 4 is 69.3 Å². The van der Waals surface area contributed by atoms with Crippen molar-refractivity contribution in [2.45, 2.75) is 196 Å². The summed E-state index contributed by atoms with van der Waals surface area (Å²) >= 11 is 3.68. The molecule has 0 bridgehead atoms. The van der Waals surface area contributed by atoms with Crippen molar-refractivity contribution in [1.29, 1.82) is 0 Å². The fraction of sp³-hybridized carbons (Fsp3) is 0.667. The smallest absolute Gasteiger partial charge is 0.225 e. The first-order valence-corrected chi connectivity index (χ1v) is 27.1. The van der Waals surface area contributed by atoms with Crippen LogP contribution in [0.4, 0.5) is 17.1 Å². The second-order valence-corrected chi connectivity index (χ2v) is 22.9. The SMILES string of the molecule is CCCCC(CC)CSCCC(=O)Nc1cc2c(cc1C1=C(O)C(=c3cc4c(cc3NC(=O)CCSCC(CC)CCCC)=[N+](C(C)C)C(C)C4(C)C)C1=O)C(C)(C)C(C)N2C(C)C. The summed E-state index contributed by atoms with van der Waals surface area (Å²) in [6.07, 6.45) is 10.3. The number of nitrogens with one attached hydrogen (secondary N) is 2. The number of aliphatic hydroxyl groups excluding tert-OH is 1. The summed E-state index contributed by atoms with van der Waals surface area (Å²) in [6.45, 7) is 31.1. The molecule has 1 aliphatic carbocycles. The molecule has 2 amide bonds. The summed E-state index contributed by atoms with van der Waals surface area (Å²) in [5, 5.41) is 20.3. The standard InChI is InChI=1S/C54H82N4O4S2/c1-15-19-21-37(17-3)31-63-25-23-47(59)55-43-29-45-41(53(11,12)35(9)57(45)33(5)6)27-39(43)49-51(61)50(52(49)62)40-28-42-46(58(34(7)8)36(10)54(42,13)14)30-44(40)56-48(60)24-26-64-32-38(18-4)22-20-16-2/h27-30,33-38H,15-26,31-32H2,1-14H3,(H2,55,56,59,60,61,62)/p+1. The number of hydrogen-bond acceptors (Lipinski definition) is 7. The van der Waals surface area contributed by atoms with Crippen LogP contribution in [-0.2, 0) is 25.2 Å². The molecule has 64 heavy (non-hydrogen) atoms. The summed E-state index contributed by atoms with van der Waals surface area (Å²) in [5.41, 5.74) is 4.71. The van der Waals surface area contributed by atoms with E-state index in [1.807, 2.05) is 47.8 Å². The first kappa shape index (κ1) is 51.7. The number of carbonyl (C=O) groups is 3. The van der Waals surface area contributed by atoms with Gasteiger partial charge in [-0.05, 0) is 115 Å². The minimum absolute atomic E-state index is 0.105. The highest BCUT2D eigenvalue weighted by Gasteiger charge is 2.48. The van der Waals surface area contributed by atoms with Crippen LogP contribution in [0.2, 0.25) is 0 Å². The number of hydrogen-bond donors (Lipinski definition) is 3. The number of aliphatic hydroxyl groups is 1. The maximum absolute atomic E-state index is 14.9. The van der Waals surface area contributed by atoms with Gasteiger partial charge in [-0.1, -0.05) is 80.1 Å². The van der Waals surface area contributed by atoms with E-state index < -0.39 is 0 Å². The van der Waals surface area contributed by atoms with Gasteiger partial charge in [-0.25, -0.2) is 4.58 Å². The van der Waals surface area contributed by atoms with Crippen molar-refractivity contribution in [1.82, 2.24) is 4.58 Å². The fourth-order valence-corrected chi connectivity index (χ4v) is 12.7. The molecular formula is C54H83N4O4S2+. The highest BCUT2D eigenvalue weighted by Crippen LogP contribution is 2.51. The highest BCUT2D eigenvalue weighted by molar-refractivity contribution is 7.99. The van der Waals surface area contributed by atoms with E-state index in [4.69, 9.17) is 0 Å². The molecule has 0 saturated carbocycles. The predicted octanol–water partition coefficient (Wildman–Crippen LogP) is 11.4. The molecule has 0 saturated heterocycles. The number of carbonyl (C=O) groups excluding carboxylic acids is 3. The molecule has 2 aromatic rings. The summed E-state index contributed by atoms with van der Waals surface area (Å²) < 4.78 is 2.40. The van der Waals surface area contributed by atoms with Gasteiger partial charge in [-0.15, -0.1) is 0 Å². The van der Waals surface area contributed by atoms with Gasteiger partial charge in [-0.3, -0.25) is 14.4 Å². The Morgan fingerprint density at radius 1 is 0.766 bits per heavy atom. The Bertz CT molecular complexity index is 2190. The average molecular weight is 916 g/mol. The summed E-state index contributed by atoms with van der Waals surface area (Å²) in [6, 6.07) is 8.89. The predicted molar refractivity (Wildman–Crippen MR) is 277 cm³/mol. The van der Waals surface area contributed by atoms with Crippen molar-refractivity contribution in [3.63, 3.8) is 0 Å². The van der Waals surface area contributed by atoms with E-state index in [2.05, 4.69) is 117 Å². The number of rotatable bonds is 23. The van der Waals surface area contributed by atoms with Crippen LogP contribution < -0.4 is 30.7 Å². The number of allylic oxidation sites excluding steroid dienone is 2. The third kappa shape index (κ3) is 10.8. The molecule has 0 aromatic heterocycles. The lowest BCUT2D eigenvalue weighted by atomic mass is 9.76. The van der Waals surface area contributed by atoms with Crippen LogP contribution in [0.5, 0.6) is 0 Å². The van der Waals surface area contributed by atoms with Crippen LogP contribution in [-0.4, -0.2) is 69.9 Å². The van der Waals surface area contributed by atoms with E-state index in [1.165, 1.54) is 38.5 Å². The van der Waals surface area contributed by atoms with Crippen LogP contribution in [0.1, 0.15) is 178 Å². The van der Waals surface area contributed by atoms with E-state index >= 15 is 0 Å². The maximum Gasteiger partial charge on any atom is 0.225 e. The maximum atomic E-state index is 14.9. The first-order valence-electron chi connectivity index (χ1n) is 24.8. The molecule has 0 radical (unpaired) electrons. The van der Waals surface area contributed by atoms with Gasteiger partial charge < -0.3 is 20.6 Å². The molecule has 10 heteroatoms. The molecule has 5 rings (SSSR count). The van der Waals surface area contributed by atoms with Crippen LogP contribution >= 0.6 is 23.5 Å². The second-order valence-electron chi connectivity index (χ2n) is 20.6. The number of Topliss-reactive ketones (excluding diaryl/α,β-unsaturated/α-hetero) is 1. The highest BCUT2D eigenvalue weighted by atomic mass is 32.2. The average Bonchev–Trinajstić information content (AvgIpc) is 3.56. The summed E-state index contributed by atoms with van der Waals surface area (Å²) in [4.78, 5) is 44.9. The molecule has 0 fully saturated rings. The monoisotopic (exact) mass is 916 g/mol. The van der Waals surface area contributed by atoms with E-state index in [-0.39, 0.29) is 69.5 Å². The molecule has 4 atom stereocenters. The van der Waals surface area contributed by atoms with Gasteiger partial charge in [0, 0.05) is 69.9 Å². The lowest BCUT2D eigenvalue weighted by Gasteiger charge is -2.34. The first-order chi connectivity index (χ1) is 30.3. The van der Waals surface area contributed by atoms with Crippen molar-refractivity contribution in [2.75, 3.05) is 38.5 Å². The van der Waals surface area contributed by atoms with Gasteiger partial charge in [0.25, 0.3) is 0 Å². The number of fused-ring (bicyclic) bond motifs is 2. The molecule has 3 N–H and O–H groups in total. The number of amides is 2. The Hall–Kier alpha value is -3.24. The van der Waals surface area contributed by atoms with E-state index in [9.17, 15) is 19.5 Å². The van der Waals surface area contributed by atoms with Gasteiger partial charge >= 0.3 is 0 Å². The molecule has 0 spiro atoms. The third-order valence-corrected chi connectivity index (χ3v) is 17.4. The molecule has 4 unspecified atom stereocenters. The van der Waals surface area contributed by atoms with E-state index in [0.29, 0.717) is 58.3 Å². The van der Waals surface area contributed by atoms with E-state index in [1.54, 1.807) is 0 Å². The Kier molecular flexibility index (Phi) is 17.8. The number of unbranched alkanes of at least 4 members (excludes halogenated alkanes) is 2. The normalized spacial score (nSPS) is 20.5. The van der Waals surface area contributed by atoms with Crippen molar-refractivity contribution in [2.24, 2.45) is 11.8 Å². The van der Waals surface area contributed by atoms with Crippen LogP contribution in [0.15, 0.2) is 30.0 Å². The summed E-state index contributed by atoms with van der Waals surface area (Å²) in [7, 11) is 0.